The molecule has 0 amide bonds. The van der Waals surface area contributed by atoms with Gasteiger partial charge in [-0.25, -0.2) is 0 Å². The molecule has 2 bridgehead atoms. The zero-order chi connectivity index (χ0) is 17.9. The van der Waals surface area contributed by atoms with Crippen molar-refractivity contribution in [2.75, 3.05) is 26.2 Å². The Labute approximate surface area is 158 Å². The van der Waals surface area contributed by atoms with Gasteiger partial charge in [-0.3, -0.25) is 4.90 Å². The topological polar surface area (TPSA) is 6.48 Å². The van der Waals surface area contributed by atoms with Gasteiger partial charge in [0.1, 0.15) is 0 Å². The van der Waals surface area contributed by atoms with Crippen LogP contribution in [0.5, 0.6) is 0 Å². The van der Waals surface area contributed by atoms with Gasteiger partial charge < -0.3 is 4.90 Å². The summed E-state index contributed by atoms with van der Waals surface area (Å²) < 4.78 is 0. The van der Waals surface area contributed by atoms with Crippen LogP contribution in [0, 0.1) is 11.8 Å². The summed E-state index contributed by atoms with van der Waals surface area (Å²) in [4.78, 5) is 5.48. The minimum absolute atomic E-state index is 0.703. The summed E-state index contributed by atoms with van der Waals surface area (Å²) in [6, 6.07) is 20.6. The zero-order valence-electron chi connectivity index (χ0n) is 16.3. The lowest BCUT2D eigenvalue weighted by Crippen LogP contribution is -2.57. The summed E-state index contributed by atoms with van der Waals surface area (Å²) in [7, 11) is 0. The summed E-state index contributed by atoms with van der Waals surface area (Å²) in [5.74, 6) is 1.59. The molecule has 2 nitrogen and oxygen atoms in total. The van der Waals surface area contributed by atoms with E-state index in [4.69, 9.17) is 0 Å². The quantitative estimate of drug-likeness (QED) is 0.732. The van der Waals surface area contributed by atoms with Crippen molar-refractivity contribution in [3.63, 3.8) is 0 Å². The van der Waals surface area contributed by atoms with E-state index < -0.39 is 0 Å². The fourth-order valence-corrected chi connectivity index (χ4v) is 4.91. The van der Waals surface area contributed by atoms with Crippen molar-refractivity contribution in [2.24, 2.45) is 11.8 Å². The van der Waals surface area contributed by atoms with E-state index in [9.17, 15) is 0 Å². The Morgan fingerprint density at radius 2 is 1.65 bits per heavy atom. The van der Waals surface area contributed by atoms with Gasteiger partial charge in [0.25, 0.3) is 0 Å². The van der Waals surface area contributed by atoms with Crippen molar-refractivity contribution in [3.05, 3.63) is 60.2 Å². The Kier molecular flexibility index (Phi) is 5.42. The lowest BCUT2D eigenvalue weighted by atomic mass is 9.82. The summed E-state index contributed by atoms with van der Waals surface area (Å²) in [6.07, 6.45) is 2.78. The molecule has 3 saturated heterocycles. The molecule has 0 spiro atoms. The number of hydrogen-bond acceptors (Lipinski definition) is 2. The molecule has 0 radical (unpaired) electrons. The summed E-state index contributed by atoms with van der Waals surface area (Å²) >= 11 is 0. The first-order chi connectivity index (χ1) is 12.7. The highest BCUT2D eigenvalue weighted by Gasteiger charge is 2.37. The SMILES string of the molecule is CC(C)CN(Cc1ccccc1-c1ccccc1)C1CN2CCC1CC2. The van der Waals surface area contributed by atoms with Crippen molar-refractivity contribution >= 4 is 0 Å². The van der Waals surface area contributed by atoms with Crippen LogP contribution in [0.4, 0.5) is 0 Å². The van der Waals surface area contributed by atoms with Gasteiger partial charge in [0.2, 0.25) is 0 Å². The number of benzene rings is 2. The van der Waals surface area contributed by atoms with Gasteiger partial charge in [-0.2, -0.15) is 0 Å². The van der Waals surface area contributed by atoms with E-state index in [1.54, 1.807) is 0 Å². The lowest BCUT2D eigenvalue weighted by Gasteiger charge is -2.49. The van der Waals surface area contributed by atoms with Crippen LogP contribution in [0.3, 0.4) is 0 Å². The maximum atomic E-state index is 2.79. The average molecular weight is 349 g/mol. The van der Waals surface area contributed by atoms with Crippen LogP contribution in [0.1, 0.15) is 32.3 Å². The Balaban J connectivity index is 1.60. The molecule has 2 aromatic carbocycles. The van der Waals surface area contributed by atoms with Gasteiger partial charge in [0.05, 0.1) is 0 Å². The molecule has 26 heavy (non-hydrogen) atoms. The molecule has 3 aliphatic rings. The van der Waals surface area contributed by atoms with Crippen molar-refractivity contribution in [1.29, 1.82) is 0 Å². The van der Waals surface area contributed by atoms with Crippen molar-refractivity contribution in [1.82, 2.24) is 9.80 Å². The molecule has 1 atom stereocenters. The van der Waals surface area contributed by atoms with Crippen molar-refractivity contribution in [3.8, 4) is 11.1 Å². The minimum Gasteiger partial charge on any atom is -0.302 e. The minimum atomic E-state index is 0.703. The molecule has 138 valence electrons. The molecule has 0 N–H and O–H groups in total. The first-order valence-electron chi connectivity index (χ1n) is 10.3. The maximum Gasteiger partial charge on any atom is 0.0255 e. The van der Waals surface area contributed by atoms with E-state index >= 15 is 0 Å². The highest BCUT2D eigenvalue weighted by molar-refractivity contribution is 5.67. The van der Waals surface area contributed by atoms with Gasteiger partial charge in [-0.05, 0) is 54.5 Å². The van der Waals surface area contributed by atoms with Crippen LogP contribution in [0.25, 0.3) is 11.1 Å². The summed E-state index contributed by atoms with van der Waals surface area (Å²) in [5.41, 5.74) is 4.19. The number of nitrogens with zero attached hydrogens (tertiary/aromatic N) is 2. The Morgan fingerprint density at radius 3 is 2.31 bits per heavy atom. The van der Waals surface area contributed by atoms with Crippen LogP contribution in [-0.4, -0.2) is 42.0 Å². The monoisotopic (exact) mass is 348 g/mol. The summed E-state index contributed by atoms with van der Waals surface area (Å²) in [5, 5.41) is 0. The Morgan fingerprint density at radius 1 is 0.962 bits per heavy atom. The predicted octanol–water partition coefficient (Wildman–Crippen LogP) is 4.91. The van der Waals surface area contributed by atoms with Gasteiger partial charge in [-0.1, -0.05) is 68.4 Å². The molecule has 0 aromatic heterocycles. The van der Waals surface area contributed by atoms with Gasteiger partial charge >= 0.3 is 0 Å². The number of fused-ring (bicyclic) bond motifs is 3. The maximum absolute atomic E-state index is 2.79. The summed E-state index contributed by atoms with van der Waals surface area (Å²) in [6.45, 7) is 10.9. The average Bonchev–Trinajstić information content (AvgIpc) is 2.69. The van der Waals surface area contributed by atoms with Crippen LogP contribution < -0.4 is 0 Å². The molecule has 2 heteroatoms. The molecule has 5 rings (SSSR count). The smallest absolute Gasteiger partial charge is 0.0255 e. The van der Waals surface area contributed by atoms with Gasteiger partial charge in [-0.15, -0.1) is 0 Å². The van der Waals surface area contributed by atoms with E-state index in [-0.39, 0.29) is 0 Å². The van der Waals surface area contributed by atoms with Crippen molar-refractivity contribution in [2.45, 2.75) is 39.3 Å². The highest BCUT2D eigenvalue weighted by atomic mass is 15.3. The molecule has 3 fully saturated rings. The molecule has 0 aliphatic carbocycles. The molecule has 0 saturated carbocycles. The zero-order valence-corrected chi connectivity index (χ0v) is 16.3. The second kappa shape index (κ2) is 7.94. The van der Waals surface area contributed by atoms with Crippen LogP contribution in [0.15, 0.2) is 54.6 Å². The molecule has 1 unspecified atom stereocenters. The lowest BCUT2D eigenvalue weighted by molar-refractivity contribution is -0.00332. The normalized spacial score (nSPS) is 25.2. The Bertz CT molecular complexity index is 701. The van der Waals surface area contributed by atoms with E-state index in [2.05, 4.69) is 78.2 Å². The largest absolute Gasteiger partial charge is 0.302 e. The predicted molar refractivity (Wildman–Crippen MR) is 110 cm³/mol. The first kappa shape index (κ1) is 17.8. The fourth-order valence-electron chi connectivity index (χ4n) is 4.91. The Hall–Kier alpha value is -1.64. The third kappa shape index (κ3) is 3.87. The van der Waals surface area contributed by atoms with E-state index in [0.29, 0.717) is 5.92 Å². The number of rotatable bonds is 6. The van der Waals surface area contributed by atoms with Crippen LogP contribution in [0.2, 0.25) is 0 Å². The fraction of sp³-hybridized carbons (Fsp3) is 0.500. The third-order valence-corrected chi connectivity index (χ3v) is 6.17. The molecule has 3 heterocycles. The second-order valence-electron chi connectivity index (χ2n) is 8.55. The van der Waals surface area contributed by atoms with E-state index in [1.165, 1.54) is 55.7 Å². The van der Waals surface area contributed by atoms with E-state index in [0.717, 1.165) is 18.5 Å². The molecule has 2 aromatic rings. The van der Waals surface area contributed by atoms with Crippen LogP contribution in [-0.2, 0) is 6.54 Å². The number of hydrogen-bond donors (Lipinski definition) is 0. The first-order valence-corrected chi connectivity index (χ1v) is 10.3. The second-order valence-corrected chi connectivity index (χ2v) is 8.55. The van der Waals surface area contributed by atoms with Crippen molar-refractivity contribution < 1.29 is 0 Å². The number of piperidine rings is 3. The standard InChI is InChI=1S/C24H32N2/c1-19(2)16-26(24-18-25-14-12-21(24)13-15-25)17-22-10-6-7-11-23(22)20-8-4-3-5-9-20/h3-11,19,21,24H,12-18H2,1-2H3. The highest BCUT2D eigenvalue weighted by Crippen LogP contribution is 2.33. The molecular formula is C24H32N2. The third-order valence-electron chi connectivity index (χ3n) is 6.17. The molecule has 3 aliphatic heterocycles. The molecular weight excluding hydrogens is 316 g/mol. The van der Waals surface area contributed by atoms with Crippen LogP contribution >= 0.6 is 0 Å². The van der Waals surface area contributed by atoms with E-state index in [1.807, 2.05) is 0 Å². The van der Waals surface area contributed by atoms with Gasteiger partial charge in [0.15, 0.2) is 0 Å². The van der Waals surface area contributed by atoms with Gasteiger partial charge in [0, 0.05) is 25.7 Å².